The Hall–Kier alpha value is -3.21. The van der Waals surface area contributed by atoms with Gasteiger partial charge >= 0.3 is 5.63 Å². The van der Waals surface area contributed by atoms with Gasteiger partial charge in [0, 0.05) is 22.9 Å². The van der Waals surface area contributed by atoms with Crippen LogP contribution < -0.4 is 15.1 Å². The van der Waals surface area contributed by atoms with Crippen LogP contribution in [-0.4, -0.2) is 14.2 Å². The van der Waals surface area contributed by atoms with E-state index < -0.39 is 5.63 Å². The van der Waals surface area contributed by atoms with Crippen LogP contribution in [0.25, 0.3) is 33.3 Å². The monoisotopic (exact) mass is 322 g/mol. The van der Waals surface area contributed by atoms with Crippen LogP contribution in [0.5, 0.6) is 11.5 Å². The predicted octanol–water partition coefficient (Wildman–Crippen LogP) is 4.22. The van der Waals surface area contributed by atoms with Gasteiger partial charge in [-0.15, -0.1) is 0 Å². The lowest BCUT2D eigenvalue weighted by atomic mass is 10.1. The molecule has 0 bridgehead atoms. The summed E-state index contributed by atoms with van der Waals surface area (Å²) in [7, 11) is 3.16. The van der Waals surface area contributed by atoms with Gasteiger partial charge in [0.15, 0.2) is 0 Å². The molecule has 4 aromatic rings. The molecule has 0 saturated heterocycles. The van der Waals surface area contributed by atoms with Gasteiger partial charge in [-0.1, -0.05) is 0 Å². The summed E-state index contributed by atoms with van der Waals surface area (Å²) in [6.45, 7) is 0. The van der Waals surface area contributed by atoms with E-state index in [2.05, 4.69) is 0 Å². The highest BCUT2D eigenvalue weighted by atomic mass is 16.5. The maximum atomic E-state index is 12.3. The largest absolute Gasteiger partial charge is 0.497 e. The van der Waals surface area contributed by atoms with Crippen molar-refractivity contribution in [3.63, 3.8) is 0 Å². The summed E-state index contributed by atoms with van der Waals surface area (Å²) in [5, 5.41) is 1.68. The molecule has 0 N–H and O–H groups in total. The van der Waals surface area contributed by atoms with Crippen LogP contribution in [0.1, 0.15) is 0 Å². The first-order valence-electron chi connectivity index (χ1n) is 7.38. The lowest BCUT2D eigenvalue weighted by Crippen LogP contribution is -2.01. The van der Waals surface area contributed by atoms with Crippen molar-refractivity contribution in [1.82, 2.24) is 0 Å². The smallest absolute Gasteiger partial charge is 0.347 e. The number of rotatable bonds is 3. The van der Waals surface area contributed by atoms with Crippen LogP contribution in [0.4, 0.5) is 0 Å². The van der Waals surface area contributed by atoms with Crippen molar-refractivity contribution in [1.29, 1.82) is 0 Å². The minimum absolute atomic E-state index is 0.378. The number of hydrogen-bond donors (Lipinski definition) is 0. The zero-order valence-electron chi connectivity index (χ0n) is 13.2. The van der Waals surface area contributed by atoms with E-state index in [1.165, 1.54) is 0 Å². The molecule has 0 aliphatic heterocycles. The van der Waals surface area contributed by atoms with Gasteiger partial charge in [0.2, 0.25) is 0 Å². The highest BCUT2D eigenvalue weighted by Gasteiger charge is 2.13. The minimum Gasteiger partial charge on any atom is -0.497 e. The Labute approximate surface area is 137 Å². The fraction of sp³-hybridized carbons (Fsp3) is 0.105. The first-order chi connectivity index (χ1) is 11.7. The first-order valence-corrected chi connectivity index (χ1v) is 7.38. The van der Waals surface area contributed by atoms with Gasteiger partial charge in [0.05, 0.1) is 14.2 Å². The molecule has 24 heavy (non-hydrogen) atoms. The minimum atomic E-state index is -0.457. The second-order valence-corrected chi connectivity index (χ2v) is 5.37. The Morgan fingerprint density at radius 1 is 0.750 bits per heavy atom. The quantitative estimate of drug-likeness (QED) is 0.528. The zero-order valence-corrected chi connectivity index (χ0v) is 13.2. The summed E-state index contributed by atoms with van der Waals surface area (Å²) < 4.78 is 21.6. The zero-order chi connectivity index (χ0) is 16.7. The van der Waals surface area contributed by atoms with Gasteiger partial charge < -0.3 is 18.3 Å². The normalized spacial score (nSPS) is 11.1. The van der Waals surface area contributed by atoms with Gasteiger partial charge in [-0.3, -0.25) is 0 Å². The van der Waals surface area contributed by atoms with Crippen LogP contribution in [0.15, 0.2) is 62.2 Å². The molecule has 0 fully saturated rings. The van der Waals surface area contributed by atoms with E-state index in [4.69, 9.17) is 18.3 Å². The molecule has 0 amide bonds. The second kappa shape index (κ2) is 5.45. The molecule has 0 saturated carbocycles. The van der Waals surface area contributed by atoms with Gasteiger partial charge in [0.1, 0.15) is 34.0 Å². The molecule has 5 nitrogen and oxygen atoms in total. The van der Waals surface area contributed by atoms with Gasteiger partial charge in [-0.25, -0.2) is 4.79 Å². The highest BCUT2D eigenvalue weighted by molar-refractivity contribution is 5.86. The number of methoxy groups -OCH3 is 2. The van der Waals surface area contributed by atoms with Gasteiger partial charge in [-0.2, -0.15) is 0 Å². The van der Waals surface area contributed by atoms with E-state index in [0.717, 1.165) is 10.8 Å². The van der Waals surface area contributed by atoms with Gasteiger partial charge in [0.25, 0.3) is 0 Å². The molecule has 5 heteroatoms. The molecule has 120 valence electrons. The summed E-state index contributed by atoms with van der Waals surface area (Å²) in [5.41, 5.74) is 1.05. The third-order valence-corrected chi connectivity index (χ3v) is 3.94. The standard InChI is InChI=1S/C19H14O5/c1-21-13-6-4-12-8-18(23-16(12)9-13)15-7-11-3-5-14(22-2)10-17(11)24-19(15)20/h3-10H,1-2H3. The third-order valence-electron chi connectivity index (χ3n) is 3.94. The molecule has 4 rings (SSSR count). The molecule has 2 heterocycles. The SMILES string of the molecule is COc1ccc2cc(-c3cc4ccc(OC)cc4oc3=O)oc2c1. The molecule has 2 aromatic carbocycles. The molecule has 0 spiro atoms. The number of furan rings is 1. The van der Waals surface area contributed by atoms with E-state index in [0.29, 0.717) is 34.0 Å². The fourth-order valence-electron chi connectivity index (χ4n) is 2.66. The Morgan fingerprint density at radius 2 is 1.33 bits per heavy atom. The van der Waals surface area contributed by atoms with Crippen LogP contribution in [0, 0.1) is 0 Å². The molecule has 2 aromatic heterocycles. The van der Waals surface area contributed by atoms with Crippen LogP contribution >= 0.6 is 0 Å². The average Bonchev–Trinajstić information content (AvgIpc) is 3.03. The Bertz CT molecular complexity index is 1100. The van der Waals surface area contributed by atoms with E-state index in [9.17, 15) is 4.79 Å². The third kappa shape index (κ3) is 2.31. The lowest BCUT2D eigenvalue weighted by Gasteiger charge is -2.02. The van der Waals surface area contributed by atoms with Crippen LogP contribution in [0.2, 0.25) is 0 Å². The summed E-state index contributed by atoms with van der Waals surface area (Å²) >= 11 is 0. The highest BCUT2D eigenvalue weighted by Crippen LogP contribution is 2.30. The topological polar surface area (TPSA) is 61.8 Å². The number of hydrogen-bond acceptors (Lipinski definition) is 5. The van der Waals surface area contributed by atoms with E-state index >= 15 is 0 Å². The fourth-order valence-corrected chi connectivity index (χ4v) is 2.66. The molecule has 0 aliphatic rings. The van der Waals surface area contributed by atoms with Crippen molar-refractivity contribution in [2.75, 3.05) is 14.2 Å². The summed E-state index contributed by atoms with van der Waals surface area (Å²) in [4.78, 5) is 12.3. The Kier molecular flexibility index (Phi) is 3.27. The van der Waals surface area contributed by atoms with Crippen molar-refractivity contribution in [3.05, 3.63) is 59.0 Å². The van der Waals surface area contributed by atoms with E-state index in [1.807, 2.05) is 30.3 Å². The first kappa shape index (κ1) is 14.4. The average molecular weight is 322 g/mol. The number of fused-ring (bicyclic) bond motifs is 2. The van der Waals surface area contributed by atoms with Crippen molar-refractivity contribution in [3.8, 4) is 22.8 Å². The molecule has 0 radical (unpaired) electrons. The van der Waals surface area contributed by atoms with Crippen molar-refractivity contribution in [2.45, 2.75) is 0 Å². The van der Waals surface area contributed by atoms with Crippen molar-refractivity contribution in [2.24, 2.45) is 0 Å². The molecule has 0 unspecified atom stereocenters. The second-order valence-electron chi connectivity index (χ2n) is 5.37. The number of ether oxygens (including phenoxy) is 2. The maximum Gasteiger partial charge on any atom is 0.347 e. The number of benzene rings is 2. The Balaban J connectivity index is 1.89. The summed E-state index contributed by atoms with van der Waals surface area (Å²) in [5.74, 6) is 1.79. The Morgan fingerprint density at radius 3 is 1.96 bits per heavy atom. The van der Waals surface area contributed by atoms with E-state index in [-0.39, 0.29) is 0 Å². The maximum absolute atomic E-state index is 12.3. The summed E-state index contributed by atoms with van der Waals surface area (Å²) in [6, 6.07) is 14.4. The van der Waals surface area contributed by atoms with E-state index in [1.54, 1.807) is 32.4 Å². The van der Waals surface area contributed by atoms with Crippen LogP contribution in [-0.2, 0) is 0 Å². The molecule has 0 atom stereocenters. The van der Waals surface area contributed by atoms with Crippen molar-refractivity contribution >= 4 is 21.9 Å². The van der Waals surface area contributed by atoms with Gasteiger partial charge in [-0.05, 0) is 36.4 Å². The summed E-state index contributed by atoms with van der Waals surface area (Å²) in [6.07, 6.45) is 0. The van der Waals surface area contributed by atoms with Crippen LogP contribution in [0.3, 0.4) is 0 Å². The molecular weight excluding hydrogens is 308 g/mol. The molecule has 0 aliphatic carbocycles. The lowest BCUT2D eigenvalue weighted by molar-refractivity contribution is 0.414. The van der Waals surface area contributed by atoms with Crippen molar-refractivity contribution < 1.29 is 18.3 Å². The molecular formula is C19H14O5. The predicted molar refractivity (Wildman–Crippen MR) is 90.8 cm³/mol.